The van der Waals surface area contributed by atoms with Gasteiger partial charge in [-0.05, 0) is 78.7 Å². The third-order valence-electron chi connectivity index (χ3n) is 8.75. The average molecular weight is 516 g/mol. The number of likely N-dealkylation sites (tertiary alicyclic amines) is 1. The highest BCUT2D eigenvalue weighted by Gasteiger charge is 2.55. The van der Waals surface area contributed by atoms with Crippen molar-refractivity contribution in [2.45, 2.75) is 83.0 Å². The van der Waals surface area contributed by atoms with Gasteiger partial charge < -0.3 is 18.9 Å². The van der Waals surface area contributed by atoms with E-state index in [0.717, 1.165) is 56.5 Å². The Morgan fingerprint density at radius 1 is 1.06 bits per heavy atom. The molecule has 200 valence electrons. The van der Waals surface area contributed by atoms with Crippen LogP contribution in [0.4, 0.5) is 4.39 Å². The lowest BCUT2D eigenvalue weighted by atomic mass is 9.70. The SMILES string of the molecule is COC1(C2CCN(CCc3ccc(F)cc3)CC2)C(O[Si](C(C)C)(C(C)C)C(C)C)=CC=CC1C=O. The fourth-order valence-corrected chi connectivity index (χ4v) is 12.2. The molecule has 4 nitrogen and oxygen atoms in total. The number of methoxy groups -OCH3 is 1. The van der Waals surface area contributed by atoms with E-state index >= 15 is 0 Å². The van der Waals surface area contributed by atoms with Crippen molar-refractivity contribution in [1.82, 2.24) is 4.90 Å². The van der Waals surface area contributed by atoms with E-state index in [1.165, 1.54) is 12.1 Å². The minimum absolute atomic E-state index is 0.189. The van der Waals surface area contributed by atoms with Crippen LogP contribution < -0.4 is 0 Å². The van der Waals surface area contributed by atoms with E-state index in [-0.39, 0.29) is 17.7 Å². The largest absolute Gasteiger partial charge is 0.544 e. The molecule has 0 amide bonds. The lowest BCUT2D eigenvalue weighted by molar-refractivity contribution is -0.130. The summed E-state index contributed by atoms with van der Waals surface area (Å²) in [6, 6.07) is 6.80. The minimum atomic E-state index is -2.23. The highest BCUT2D eigenvalue weighted by Crippen LogP contribution is 2.50. The third-order valence-corrected chi connectivity index (χ3v) is 14.7. The predicted molar refractivity (Wildman–Crippen MR) is 148 cm³/mol. The molecule has 6 heteroatoms. The van der Waals surface area contributed by atoms with Crippen LogP contribution in [0.25, 0.3) is 0 Å². The first kappa shape index (κ1) is 28.8. The molecule has 0 spiro atoms. The van der Waals surface area contributed by atoms with Gasteiger partial charge >= 0.3 is 0 Å². The fourth-order valence-electron chi connectivity index (χ4n) is 6.90. The van der Waals surface area contributed by atoms with Gasteiger partial charge in [0.25, 0.3) is 8.32 Å². The Hall–Kier alpha value is -1.76. The lowest BCUT2D eigenvalue weighted by Crippen LogP contribution is -2.57. The molecule has 2 unspecified atom stereocenters. The van der Waals surface area contributed by atoms with Gasteiger partial charge in [-0.1, -0.05) is 65.8 Å². The van der Waals surface area contributed by atoms with Crippen molar-refractivity contribution in [3.8, 4) is 0 Å². The van der Waals surface area contributed by atoms with E-state index < -0.39 is 13.9 Å². The maximum atomic E-state index is 13.2. The lowest BCUT2D eigenvalue weighted by Gasteiger charge is -2.52. The van der Waals surface area contributed by atoms with Crippen molar-refractivity contribution in [2.75, 3.05) is 26.7 Å². The fraction of sp³-hybridized carbons (Fsp3) is 0.633. The van der Waals surface area contributed by atoms with Crippen LogP contribution in [0, 0.1) is 17.7 Å². The topological polar surface area (TPSA) is 38.8 Å². The van der Waals surface area contributed by atoms with Crippen molar-refractivity contribution in [2.24, 2.45) is 11.8 Å². The van der Waals surface area contributed by atoms with Gasteiger partial charge in [-0.3, -0.25) is 0 Å². The number of carbonyl (C=O) groups is 1. The number of hydrogen-bond acceptors (Lipinski definition) is 4. The minimum Gasteiger partial charge on any atom is -0.544 e. The molecule has 0 N–H and O–H groups in total. The number of piperidine rings is 1. The van der Waals surface area contributed by atoms with Crippen LogP contribution in [-0.4, -0.2) is 51.8 Å². The molecule has 1 fully saturated rings. The smallest absolute Gasteiger partial charge is 0.258 e. The number of ether oxygens (including phenoxy) is 1. The summed E-state index contributed by atoms with van der Waals surface area (Å²) in [4.78, 5) is 14.9. The van der Waals surface area contributed by atoms with Gasteiger partial charge in [-0.2, -0.15) is 0 Å². The number of rotatable bonds is 11. The van der Waals surface area contributed by atoms with Crippen molar-refractivity contribution < 1.29 is 18.3 Å². The molecule has 1 aromatic carbocycles. The van der Waals surface area contributed by atoms with Crippen molar-refractivity contribution >= 4 is 14.6 Å². The molecule has 2 atom stereocenters. The molecular formula is C30H46FNO3Si. The highest BCUT2D eigenvalue weighted by molar-refractivity contribution is 6.77. The Morgan fingerprint density at radius 2 is 1.64 bits per heavy atom. The standard InChI is InChI=1S/C30H46FNO3Si/c1-22(2)36(23(3)4,24(5)6)35-29-10-8-9-27(21-33)30(29,34-7)26-16-19-32(20-17-26)18-15-25-11-13-28(31)14-12-25/h8-14,21-24,26-27H,15-20H2,1-7H3. The molecule has 0 bridgehead atoms. The molecule has 0 saturated carbocycles. The first-order chi connectivity index (χ1) is 17.1. The second-order valence-corrected chi connectivity index (χ2v) is 16.9. The zero-order chi connectivity index (χ0) is 26.5. The zero-order valence-electron chi connectivity index (χ0n) is 23.3. The number of halogens is 1. The van der Waals surface area contributed by atoms with E-state index in [1.807, 2.05) is 24.3 Å². The molecule has 1 aliphatic carbocycles. The van der Waals surface area contributed by atoms with Gasteiger partial charge in [0.2, 0.25) is 0 Å². The van der Waals surface area contributed by atoms with Gasteiger partial charge in [0.15, 0.2) is 0 Å². The van der Waals surface area contributed by atoms with Crippen LogP contribution in [0.15, 0.2) is 48.3 Å². The number of carbonyl (C=O) groups excluding carboxylic acids is 1. The zero-order valence-corrected chi connectivity index (χ0v) is 24.3. The quantitative estimate of drug-likeness (QED) is 0.237. The van der Waals surface area contributed by atoms with Crippen LogP contribution >= 0.6 is 0 Å². The first-order valence-electron chi connectivity index (χ1n) is 13.7. The first-order valence-corrected chi connectivity index (χ1v) is 15.8. The summed E-state index contributed by atoms with van der Waals surface area (Å²) in [5.41, 5.74) is 1.68. The molecule has 1 aromatic rings. The van der Waals surface area contributed by atoms with Crippen molar-refractivity contribution in [3.05, 3.63) is 59.6 Å². The molecule has 0 aromatic heterocycles. The van der Waals surface area contributed by atoms with Crippen LogP contribution in [0.2, 0.25) is 16.6 Å². The van der Waals surface area contributed by atoms with Gasteiger partial charge in [0.05, 0.1) is 5.92 Å². The molecule has 1 aliphatic heterocycles. The van der Waals surface area contributed by atoms with Crippen LogP contribution in [0.5, 0.6) is 0 Å². The third kappa shape index (κ3) is 5.56. The maximum absolute atomic E-state index is 13.2. The summed E-state index contributed by atoms with van der Waals surface area (Å²) >= 11 is 0. The summed E-state index contributed by atoms with van der Waals surface area (Å²) in [6.07, 6.45) is 9.85. The van der Waals surface area contributed by atoms with E-state index in [4.69, 9.17) is 9.16 Å². The number of aldehydes is 1. The Labute approximate surface area is 219 Å². The van der Waals surface area contributed by atoms with Gasteiger partial charge in [-0.25, -0.2) is 4.39 Å². The molecule has 36 heavy (non-hydrogen) atoms. The summed E-state index contributed by atoms with van der Waals surface area (Å²) in [6.45, 7) is 16.6. The van der Waals surface area contributed by atoms with E-state index in [0.29, 0.717) is 16.6 Å². The molecular weight excluding hydrogens is 469 g/mol. The molecule has 0 radical (unpaired) electrons. The molecule has 3 rings (SSSR count). The summed E-state index contributed by atoms with van der Waals surface area (Å²) in [5.74, 6) is 0.490. The molecule has 2 aliphatic rings. The number of allylic oxidation sites excluding steroid dienone is 2. The molecule has 1 saturated heterocycles. The highest BCUT2D eigenvalue weighted by atomic mass is 28.4. The number of nitrogens with zero attached hydrogens (tertiary/aromatic N) is 1. The predicted octanol–water partition coefficient (Wildman–Crippen LogP) is 6.93. The summed E-state index contributed by atoms with van der Waals surface area (Å²) in [5, 5.41) is 0. The number of benzene rings is 1. The van der Waals surface area contributed by atoms with E-state index in [9.17, 15) is 9.18 Å². The van der Waals surface area contributed by atoms with Crippen LogP contribution in [-0.2, 0) is 20.4 Å². The van der Waals surface area contributed by atoms with Gasteiger partial charge in [0, 0.05) is 13.7 Å². The second kappa shape index (κ2) is 12.2. The second-order valence-electron chi connectivity index (χ2n) is 11.5. The monoisotopic (exact) mass is 515 g/mol. The maximum Gasteiger partial charge on any atom is 0.258 e. The number of hydrogen-bond donors (Lipinski definition) is 0. The average Bonchev–Trinajstić information content (AvgIpc) is 2.86. The molecule has 1 heterocycles. The summed E-state index contributed by atoms with van der Waals surface area (Å²) in [7, 11) is -0.482. The van der Waals surface area contributed by atoms with Crippen LogP contribution in [0.3, 0.4) is 0 Å². The summed E-state index contributed by atoms with van der Waals surface area (Å²) < 4.78 is 26.8. The van der Waals surface area contributed by atoms with Crippen molar-refractivity contribution in [3.63, 3.8) is 0 Å². The van der Waals surface area contributed by atoms with Gasteiger partial charge in [-0.15, -0.1) is 0 Å². The van der Waals surface area contributed by atoms with Gasteiger partial charge in [0.1, 0.15) is 23.5 Å². The van der Waals surface area contributed by atoms with Crippen LogP contribution in [0.1, 0.15) is 59.9 Å². The Morgan fingerprint density at radius 3 is 2.14 bits per heavy atom. The van der Waals surface area contributed by atoms with Crippen molar-refractivity contribution in [1.29, 1.82) is 0 Å². The van der Waals surface area contributed by atoms with E-state index in [2.05, 4.69) is 52.5 Å². The van der Waals surface area contributed by atoms with E-state index in [1.54, 1.807) is 7.11 Å². The normalized spacial score (nSPS) is 24.0. The Balaban J connectivity index is 1.81. The Bertz CT molecular complexity index is 897. The Kier molecular flexibility index (Phi) is 9.75.